The molecule has 162 valence electrons. The summed E-state index contributed by atoms with van der Waals surface area (Å²) in [5.74, 6) is 0.334. The van der Waals surface area contributed by atoms with Crippen LogP contribution in [0.2, 0.25) is 5.02 Å². The van der Waals surface area contributed by atoms with Gasteiger partial charge in [-0.2, -0.15) is 13.2 Å². The Bertz CT molecular complexity index is 917. The lowest BCUT2D eigenvalue weighted by atomic mass is 10.2. The molecule has 0 radical (unpaired) electrons. The van der Waals surface area contributed by atoms with Crippen LogP contribution in [0.5, 0.6) is 0 Å². The molecule has 0 unspecified atom stereocenters. The lowest BCUT2D eigenvalue weighted by Gasteiger charge is -2.11. The molecule has 7 nitrogen and oxygen atoms in total. The van der Waals surface area contributed by atoms with Crippen molar-refractivity contribution in [2.75, 3.05) is 25.0 Å². The van der Waals surface area contributed by atoms with E-state index < -0.39 is 11.7 Å². The Labute approximate surface area is 177 Å². The van der Waals surface area contributed by atoms with Crippen LogP contribution in [-0.4, -0.2) is 41.3 Å². The molecule has 2 aromatic rings. The number of hydrogen-bond donors (Lipinski definition) is 3. The Balaban J connectivity index is 1.90. The summed E-state index contributed by atoms with van der Waals surface area (Å²) in [6.07, 6.45) is -2.36. The van der Waals surface area contributed by atoms with E-state index in [1.165, 1.54) is 18.3 Å². The van der Waals surface area contributed by atoms with Crippen molar-refractivity contribution in [3.8, 4) is 0 Å². The van der Waals surface area contributed by atoms with E-state index in [0.717, 1.165) is 6.07 Å². The quantitative estimate of drug-likeness (QED) is 0.330. The summed E-state index contributed by atoms with van der Waals surface area (Å²) in [4.78, 5) is 24.3. The van der Waals surface area contributed by atoms with E-state index in [2.05, 4.69) is 25.6 Å². The van der Waals surface area contributed by atoms with Crippen LogP contribution in [-0.2, 0) is 6.18 Å². The van der Waals surface area contributed by atoms with E-state index in [-0.39, 0.29) is 35.7 Å². The Hall–Kier alpha value is -2.88. The van der Waals surface area contributed by atoms with Gasteiger partial charge in [-0.15, -0.1) is 0 Å². The fraction of sp³-hybridized carbons (Fsp3) is 0.368. The van der Waals surface area contributed by atoms with Crippen molar-refractivity contribution in [1.29, 1.82) is 0 Å². The second-order valence-corrected chi connectivity index (χ2v) is 7.19. The molecule has 30 heavy (non-hydrogen) atoms. The number of alkyl halides is 3. The van der Waals surface area contributed by atoms with Gasteiger partial charge in [-0.1, -0.05) is 25.4 Å². The second kappa shape index (κ2) is 10.2. The van der Waals surface area contributed by atoms with Gasteiger partial charge in [0.2, 0.25) is 0 Å². The van der Waals surface area contributed by atoms with E-state index in [1.54, 1.807) is 0 Å². The van der Waals surface area contributed by atoms with Crippen molar-refractivity contribution in [3.05, 3.63) is 52.4 Å². The smallest absolute Gasteiger partial charge is 0.382 e. The van der Waals surface area contributed by atoms with Crippen molar-refractivity contribution in [2.45, 2.75) is 20.0 Å². The van der Waals surface area contributed by atoms with Crippen molar-refractivity contribution in [2.24, 2.45) is 16.6 Å². The number of aromatic nitrogens is 2. The third kappa shape index (κ3) is 6.87. The Morgan fingerprint density at radius 3 is 2.63 bits per heavy atom. The maximum Gasteiger partial charge on any atom is 0.417 e. The lowest BCUT2D eigenvalue weighted by molar-refractivity contribution is -0.137. The molecular weight excluding hydrogens is 421 g/mol. The number of carbonyl (C=O) groups is 1. The normalized spacial score (nSPS) is 12.2. The van der Waals surface area contributed by atoms with E-state index >= 15 is 0 Å². The average Bonchev–Trinajstić information content (AvgIpc) is 2.69. The third-order valence-electron chi connectivity index (χ3n) is 3.78. The van der Waals surface area contributed by atoms with Crippen LogP contribution in [0.25, 0.3) is 0 Å². The molecule has 0 saturated carbocycles. The maximum absolute atomic E-state index is 12.6. The number of carbonyl (C=O) groups excluding carboxylic acids is 1. The van der Waals surface area contributed by atoms with Gasteiger partial charge in [0.25, 0.3) is 5.91 Å². The zero-order valence-corrected chi connectivity index (χ0v) is 17.2. The number of nitrogens with zero attached hydrogens (tertiary/aromatic N) is 3. The van der Waals surface area contributed by atoms with Crippen LogP contribution in [0.4, 0.5) is 19.0 Å². The molecule has 0 aliphatic heterocycles. The summed E-state index contributed by atoms with van der Waals surface area (Å²) >= 11 is 5.82. The molecule has 2 rings (SSSR count). The van der Waals surface area contributed by atoms with Gasteiger partial charge < -0.3 is 16.4 Å². The van der Waals surface area contributed by atoms with Crippen molar-refractivity contribution >= 4 is 29.2 Å². The predicted molar refractivity (Wildman–Crippen MR) is 110 cm³/mol. The number of anilines is 1. The molecule has 0 spiro atoms. The van der Waals surface area contributed by atoms with Gasteiger partial charge in [-0.05, 0) is 24.1 Å². The summed E-state index contributed by atoms with van der Waals surface area (Å²) in [7, 11) is 0. The highest BCUT2D eigenvalue weighted by Crippen LogP contribution is 2.32. The first kappa shape index (κ1) is 23.4. The third-order valence-corrected chi connectivity index (χ3v) is 4.07. The monoisotopic (exact) mass is 442 g/mol. The Kier molecular flexibility index (Phi) is 7.99. The minimum absolute atomic E-state index is 0.0965. The molecule has 0 fully saturated rings. The minimum Gasteiger partial charge on any atom is -0.382 e. The zero-order chi connectivity index (χ0) is 22.3. The molecule has 0 saturated heterocycles. The predicted octanol–water partition coefficient (Wildman–Crippen LogP) is 3.35. The summed E-state index contributed by atoms with van der Waals surface area (Å²) in [5.41, 5.74) is 5.73. The van der Waals surface area contributed by atoms with Gasteiger partial charge >= 0.3 is 6.18 Å². The van der Waals surface area contributed by atoms with Gasteiger partial charge in [0, 0.05) is 37.6 Å². The van der Waals surface area contributed by atoms with Crippen LogP contribution < -0.4 is 16.4 Å². The fourth-order valence-electron chi connectivity index (χ4n) is 2.26. The van der Waals surface area contributed by atoms with Crippen molar-refractivity contribution < 1.29 is 18.0 Å². The van der Waals surface area contributed by atoms with Crippen LogP contribution in [0.1, 0.15) is 35.5 Å². The molecular formula is C19H22ClF3N6O. The molecule has 0 aromatic carbocycles. The number of amidine groups is 1. The van der Waals surface area contributed by atoms with Crippen molar-refractivity contribution in [1.82, 2.24) is 15.3 Å². The molecule has 0 atom stereocenters. The van der Waals surface area contributed by atoms with Crippen LogP contribution in [0.15, 0.2) is 35.6 Å². The van der Waals surface area contributed by atoms with E-state index in [0.29, 0.717) is 29.9 Å². The van der Waals surface area contributed by atoms with Gasteiger partial charge in [-0.25, -0.2) is 4.98 Å². The Morgan fingerprint density at radius 2 is 2.00 bits per heavy atom. The first-order valence-electron chi connectivity index (χ1n) is 9.09. The molecule has 0 bridgehead atoms. The zero-order valence-electron chi connectivity index (χ0n) is 16.4. The fourth-order valence-corrected chi connectivity index (χ4v) is 2.49. The van der Waals surface area contributed by atoms with Gasteiger partial charge in [-0.3, -0.25) is 14.8 Å². The molecule has 1 amide bonds. The number of aliphatic imine (C=N–C) groups is 1. The minimum atomic E-state index is -4.52. The average molecular weight is 443 g/mol. The van der Waals surface area contributed by atoms with Crippen molar-refractivity contribution in [3.63, 3.8) is 0 Å². The largest absolute Gasteiger partial charge is 0.417 e. The van der Waals surface area contributed by atoms with E-state index in [9.17, 15) is 18.0 Å². The summed E-state index contributed by atoms with van der Waals surface area (Å²) in [6.45, 7) is 4.97. The molecule has 4 N–H and O–H groups in total. The first-order valence-corrected chi connectivity index (χ1v) is 9.47. The Morgan fingerprint density at radius 1 is 1.27 bits per heavy atom. The molecule has 2 heterocycles. The second-order valence-electron chi connectivity index (χ2n) is 6.78. The maximum atomic E-state index is 12.6. The standard InChI is InChI=1S/C19H22ClF3N6O/c1-11(2)9-28-16(24)15-7-12(3-4-25-15)18(30)27-6-5-26-17-14(20)8-13(10-29-17)19(21,22)23/h3-4,7-8,10-11H,5-6,9H2,1-2H3,(H2,24,28)(H,26,29)(H,27,30). The van der Waals surface area contributed by atoms with Crippen LogP contribution in [0, 0.1) is 5.92 Å². The highest BCUT2D eigenvalue weighted by molar-refractivity contribution is 6.32. The number of pyridine rings is 2. The topological polar surface area (TPSA) is 105 Å². The van der Waals surface area contributed by atoms with Crippen LogP contribution in [0.3, 0.4) is 0 Å². The van der Waals surface area contributed by atoms with E-state index in [4.69, 9.17) is 17.3 Å². The highest BCUT2D eigenvalue weighted by atomic mass is 35.5. The van der Waals surface area contributed by atoms with Gasteiger partial charge in [0.15, 0.2) is 0 Å². The summed E-state index contributed by atoms with van der Waals surface area (Å²) < 4.78 is 37.9. The number of rotatable bonds is 8. The SMILES string of the molecule is CC(C)CN=C(N)c1cc(C(=O)NCCNc2ncc(C(F)(F)F)cc2Cl)ccn1. The highest BCUT2D eigenvalue weighted by Gasteiger charge is 2.31. The van der Waals surface area contributed by atoms with E-state index in [1.807, 2.05) is 13.8 Å². The van der Waals surface area contributed by atoms with Gasteiger partial charge in [0.05, 0.1) is 10.6 Å². The number of nitrogens with one attached hydrogen (secondary N) is 2. The summed E-state index contributed by atoms with van der Waals surface area (Å²) in [6, 6.07) is 3.87. The lowest BCUT2D eigenvalue weighted by Crippen LogP contribution is -2.29. The summed E-state index contributed by atoms with van der Waals surface area (Å²) in [5, 5.41) is 5.30. The van der Waals surface area contributed by atoms with Gasteiger partial charge in [0.1, 0.15) is 17.3 Å². The molecule has 2 aromatic heterocycles. The number of hydrogen-bond acceptors (Lipinski definition) is 5. The molecule has 0 aliphatic rings. The first-order chi connectivity index (χ1) is 14.1. The number of halogens is 4. The number of nitrogens with two attached hydrogens (primary N) is 1. The molecule has 11 heteroatoms. The number of amides is 1. The van der Waals surface area contributed by atoms with Crippen LogP contribution >= 0.6 is 11.6 Å². The molecule has 0 aliphatic carbocycles.